The van der Waals surface area contributed by atoms with E-state index in [9.17, 15) is 19.5 Å². The molecule has 0 radical (unpaired) electrons. The lowest BCUT2D eigenvalue weighted by molar-refractivity contribution is -0.141. The highest BCUT2D eigenvalue weighted by Gasteiger charge is 2.23. The number of benzene rings is 1. The van der Waals surface area contributed by atoms with Gasteiger partial charge < -0.3 is 20.2 Å². The van der Waals surface area contributed by atoms with Crippen LogP contribution in [0.1, 0.15) is 22.5 Å². The van der Waals surface area contributed by atoms with E-state index in [4.69, 9.17) is 4.42 Å². The van der Waals surface area contributed by atoms with Crippen LogP contribution in [0, 0.1) is 0 Å². The van der Waals surface area contributed by atoms with Crippen molar-refractivity contribution in [2.45, 2.75) is 12.5 Å². The van der Waals surface area contributed by atoms with Crippen molar-refractivity contribution < 1.29 is 23.9 Å². The Morgan fingerprint density at radius 3 is 2.61 bits per heavy atom. The molecule has 2 rings (SSSR count). The Morgan fingerprint density at radius 2 is 2.00 bits per heavy atom. The molecule has 0 fully saturated rings. The summed E-state index contributed by atoms with van der Waals surface area (Å²) >= 11 is 4.77. The predicted octanol–water partition coefficient (Wildman–Crippen LogP) is 3.14. The number of nitrogens with one attached hydrogen (secondary N) is 2. The fraction of sp³-hybridized carbons (Fsp3) is 0.211. The molecule has 0 aliphatic rings. The van der Waals surface area contributed by atoms with Crippen molar-refractivity contribution in [3.05, 3.63) is 64.2 Å². The molecule has 1 atom stereocenters. The lowest BCUT2D eigenvalue weighted by atomic mass is 10.2. The van der Waals surface area contributed by atoms with Gasteiger partial charge in [0, 0.05) is 10.5 Å². The van der Waals surface area contributed by atoms with E-state index in [2.05, 4.69) is 26.6 Å². The Hall–Kier alpha value is -2.52. The highest BCUT2D eigenvalue weighted by molar-refractivity contribution is 9.10. The van der Waals surface area contributed by atoms with Crippen LogP contribution >= 0.6 is 27.7 Å². The molecule has 3 N–H and O–H groups in total. The van der Waals surface area contributed by atoms with E-state index in [1.165, 1.54) is 24.1 Å². The van der Waals surface area contributed by atoms with Crippen molar-refractivity contribution in [3.8, 4) is 0 Å². The monoisotopic (exact) mass is 466 g/mol. The largest absolute Gasteiger partial charge is 0.480 e. The number of hydrogen-bond acceptors (Lipinski definition) is 5. The lowest BCUT2D eigenvalue weighted by Gasteiger charge is -2.16. The Morgan fingerprint density at radius 1 is 1.25 bits per heavy atom. The van der Waals surface area contributed by atoms with Crippen LogP contribution in [0.3, 0.4) is 0 Å². The number of aliphatic carboxylic acids is 1. The van der Waals surface area contributed by atoms with Gasteiger partial charge in [-0.15, -0.1) is 0 Å². The second-order valence-electron chi connectivity index (χ2n) is 5.65. The Kier molecular flexibility index (Phi) is 8.34. The molecule has 0 unspecified atom stereocenters. The van der Waals surface area contributed by atoms with Crippen molar-refractivity contribution >= 4 is 51.6 Å². The quantitative estimate of drug-likeness (QED) is 0.489. The number of carboxylic acids is 1. The summed E-state index contributed by atoms with van der Waals surface area (Å²) in [6.07, 6.45) is 4.88. The first kappa shape index (κ1) is 21.8. The highest BCUT2D eigenvalue weighted by Crippen LogP contribution is 2.16. The second-order valence-corrected chi connectivity index (χ2v) is 7.49. The van der Waals surface area contributed by atoms with Crippen LogP contribution in [0.4, 0.5) is 0 Å². The van der Waals surface area contributed by atoms with Crippen LogP contribution in [0.2, 0.25) is 0 Å². The maximum absolute atomic E-state index is 12.7. The summed E-state index contributed by atoms with van der Waals surface area (Å²) < 4.78 is 5.77. The van der Waals surface area contributed by atoms with Gasteiger partial charge in [0.25, 0.3) is 11.8 Å². The molecule has 2 aromatic rings. The lowest BCUT2D eigenvalue weighted by Crippen LogP contribution is -2.44. The molecule has 9 heteroatoms. The highest BCUT2D eigenvalue weighted by atomic mass is 79.9. The minimum atomic E-state index is -1.14. The van der Waals surface area contributed by atoms with Crippen LogP contribution < -0.4 is 10.6 Å². The van der Waals surface area contributed by atoms with Gasteiger partial charge >= 0.3 is 5.97 Å². The van der Waals surface area contributed by atoms with Gasteiger partial charge in [-0.3, -0.25) is 9.59 Å². The summed E-state index contributed by atoms with van der Waals surface area (Å²) in [5.41, 5.74) is 0.212. The maximum Gasteiger partial charge on any atom is 0.326 e. The second kappa shape index (κ2) is 10.7. The molecule has 2 amide bonds. The fourth-order valence-electron chi connectivity index (χ4n) is 2.24. The van der Waals surface area contributed by atoms with Crippen molar-refractivity contribution in [1.29, 1.82) is 0 Å². The van der Waals surface area contributed by atoms with Crippen LogP contribution in [0.15, 0.2) is 57.2 Å². The smallest absolute Gasteiger partial charge is 0.326 e. The molecule has 1 aromatic heterocycles. The maximum atomic E-state index is 12.7. The third-order valence-corrected chi connectivity index (χ3v) is 4.99. The van der Waals surface area contributed by atoms with Gasteiger partial charge in [0.1, 0.15) is 17.5 Å². The molecular formula is C19H19BrN2O5S. The first-order valence-electron chi connectivity index (χ1n) is 8.26. The van der Waals surface area contributed by atoms with Crippen LogP contribution in [-0.2, 0) is 9.59 Å². The topological polar surface area (TPSA) is 109 Å². The summed E-state index contributed by atoms with van der Waals surface area (Å²) in [5.74, 6) is -1.47. The molecule has 0 bridgehead atoms. The van der Waals surface area contributed by atoms with Crippen LogP contribution in [0.25, 0.3) is 6.08 Å². The van der Waals surface area contributed by atoms with Gasteiger partial charge in [-0.1, -0.05) is 12.1 Å². The van der Waals surface area contributed by atoms with Gasteiger partial charge in [-0.05, 0) is 58.6 Å². The van der Waals surface area contributed by atoms with Crippen molar-refractivity contribution in [1.82, 2.24) is 10.6 Å². The van der Waals surface area contributed by atoms with E-state index >= 15 is 0 Å². The number of carbonyl (C=O) groups excluding carboxylic acids is 2. The summed E-state index contributed by atoms with van der Waals surface area (Å²) in [5, 5.41) is 14.3. The van der Waals surface area contributed by atoms with E-state index < -0.39 is 23.8 Å². The molecule has 1 heterocycles. The minimum Gasteiger partial charge on any atom is -0.480 e. The molecular weight excluding hydrogens is 448 g/mol. The molecule has 0 aliphatic carbocycles. The minimum absolute atomic E-state index is 0.119. The van der Waals surface area contributed by atoms with E-state index in [1.54, 1.807) is 36.4 Å². The standard InChI is InChI=1S/C19H19BrN2O5S/c1-28-10-8-15(19(25)26)21-18(24)16(11-12-5-4-9-27-12)22-17(23)13-6-2-3-7-14(13)20/h2-7,9,11,15H,8,10H2,1H3,(H,21,24)(H,22,23)(H,25,26)/b16-11+/t15-/m0/s1. The Labute approximate surface area is 174 Å². The fourth-order valence-corrected chi connectivity index (χ4v) is 3.17. The number of thioether (sulfide) groups is 1. The normalized spacial score (nSPS) is 12.3. The zero-order valence-electron chi connectivity index (χ0n) is 15.0. The number of carbonyl (C=O) groups is 3. The molecule has 0 saturated carbocycles. The molecule has 148 valence electrons. The summed E-state index contributed by atoms with van der Waals surface area (Å²) in [6.45, 7) is 0. The Balaban J connectivity index is 2.24. The van der Waals surface area contributed by atoms with Gasteiger partial charge in [-0.2, -0.15) is 11.8 Å². The summed E-state index contributed by atoms with van der Waals surface area (Å²) in [7, 11) is 0. The van der Waals surface area contributed by atoms with Crippen LogP contribution in [0.5, 0.6) is 0 Å². The van der Waals surface area contributed by atoms with Crippen molar-refractivity contribution in [2.75, 3.05) is 12.0 Å². The summed E-state index contributed by atoms with van der Waals surface area (Å²) in [6, 6.07) is 8.93. The van der Waals surface area contributed by atoms with Gasteiger partial charge in [-0.25, -0.2) is 4.79 Å². The molecule has 28 heavy (non-hydrogen) atoms. The Bertz CT molecular complexity index is 867. The molecule has 1 aromatic carbocycles. The SMILES string of the molecule is CSCC[C@H](NC(=O)/C(=C\c1ccco1)NC(=O)c1ccccc1Br)C(=O)O. The van der Waals surface area contributed by atoms with Crippen molar-refractivity contribution in [2.24, 2.45) is 0 Å². The van der Waals surface area contributed by atoms with Gasteiger partial charge in [0.2, 0.25) is 0 Å². The van der Waals surface area contributed by atoms with E-state index in [0.717, 1.165) is 0 Å². The number of hydrogen-bond donors (Lipinski definition) is 3. The number of furan rings is 1. The average Bonchev–Trinajstić information content (AvgIpc) is 3.17. The number of carboxylic acid groups (broad SMARTS) is 1. The van der Waals surface area contributed by atoms with E-state index in [0.29, 0.717) is 21.5 Å². The average molecular weight is 467 g/mol. The molecule has 0 aliphatic heterocycles. The predicted molar refractivity (Wildman–Crippen MR) is 111 cm³/mol. The number of rotatable bonds is 9. The van der Waals surface area contributed by atoms with E-state index in [-0.39, 0.29) is 12.1 Å². The molecule has 0 spiro atoms. The zero-order valence-corrected chi connectivity index (χ0v) is 17.4. The first-order chi connectivity index (χ1) is 13.4. The zero-order chi connectivity index (χ0) is 20.5. The third kappa shape index (κ3) is 6.28. The first-order valence-corrected chi connectivity index (χ1v) is 10.4. The number of halogens is 1. The molecule has 7 nitrogen and oxygen atoms in total. The van der Waals surface area contributed by atoms with Crippen LogP contribution in [-0.4, -0.2) is 40.9 Å². The molecule has 0 saturated heterocycles. The van der Waals surface area contributed by atoms with Gasteiger partial charge in [0.15, 0.2) is 0 Å². The van der Waals surface area contributed by atoms with Crippen molar-refractivity contribution in [3.63, 3.8) is 0 Å². The van der Waals surface area contributed by atoms with Gasteiger partial charge in [0.05, 0.1) is 11.8 Å². The van der Waals surface area contributed by atoms with E-state index in [1.807, 2.05) is 6.26 Å². The number of amides is 2. The third-order valence-electron chi connectivity index (χ3n) is 3.66. The summed E-state index contributed by atoms with van der Waals surface area (Å²) in [4.78, 5) is 36.7.